The van der Waals surface area contributed by atoms with Crippen molar-refractivity contribution in [1.82, 2.24) is 4.98 Å². The normalized spacial score (nSPS) is 11.1. The lowest BCUT2D eigenvalue weighted by Crippen LogP contribution is -2.04. The number of fused-ring (bicyclic) bond motifs is 3. The molecular formula is C19H13NO3. The highest BCUT2D eigenvalue weighted by Gasteiger charge is 2.22. The van der Waals surface area contributed by atoms with E-state index in [1.807, 2.05) is 60.7 Å². The number of nitrogens with zero attached hydrogens (tertiary/aromatic N) is 1. The van der Waals surface area contributed by atoms with Gasteiger partial charge in [0.15, 0.2) is 5.76 Å². The third kappa shape index (κ3) is 2.34. The van der Waals surface area contributed by atoms with Gasteiger partial charge in [-0.15, -0.1) is 0 Å². The molecule has 112 valence electrons. The highest BCUT2D eigenvalue weighted by atomic mass is 16.4. The molecule has 4 heteroatoms. The van der Waals surface area contributed by atoms with E-state index >= 15 is 0 Å². The summed E-state index contributed by atoms with van der Waals surface area (Å²) >= 11 is 0. The maximum Gasteiger partial charge on any atom is 0.372 e. The van der Waals surface area contributed by atoms with E-state index in [1.165, 1.54) is 0 Å². The van der Waals surface area contributed by atoms with Gasteiger partial charge in [0.1, 0.15) is 5.69 Å². The van der Waals surface area contributed by atoms with Gasteiger partial charge < -0.3 is 9.52 Å². The molecule has 0 aromatic heterocycles. The summed E-state index contributed by atoms with van der Waals surface area (Å²) in [6.45, 7) is 0. The topological polar surface area (TPSA) is 63.3 Å². The molecule has 0 saturated heterocycles. The summed E-state index contributed by atoms with van der Waals surface area (Å²) < 4.78 is 5.72. The number of carbonyl (C=O) groups is 1. The average molecular weight is 303 g/mol. The Labute approximate surface area is 132 Å². The summed E-state index contributed by atoms with van der Waals surface area (Å²) in [5, 5.41) is 10.3. The van der Waals surface area contributed by atoms with Crippen LogP contribution in [0.5, 0.6) is 0 Å². The highest BCUT2D eigenvalue weighted by Crippen LogP contribution is 2.34. The van der Waals surface area contributed by atoms with Gasteiger partial charge in [-0.3, -0.25) is 0 Å². The molecule has 0 unspecified atom stereocenters. The predicted molar refractivity (Wildman–Crippen MR) is 86.8 cm³/mol. The van der Waals surface area contributed by atoms with Gasteiger partial charge in [-0.05, 0) is 23.8 Å². The van der Waals surface area contributed by atoms with Crippen LogP contribution >= 0.6 is 0 Å². The van der Waals surface area contributed by atoms with Gasteiger partial charge in [-0.2, -0.15) is 0 Å². The van der Waals surface area contributed by atoms with Gasteiger partial charge >= 0.3 is 5.97 Å². The molecular weight excluding hydrogens is 290 g/mol. The van der Waals surface area contributed by atoms with Crippen molar-refractivity contribution in [2.45, 2.75) is 6.42 Å². The van der Waals surface area contributed by atoms with Gasteiger partial charge in [0.25, 0.3) is 0 Å². The van der Waals surface area contributed by atoms with Gasteiger partial charge in [0, 0.05) is 17.4 Å². The maximum atomic E-state index is 11.6. The minimum Gasteiger partial charge on any atom is -0.475 e. The molecule has 4 nitrogen and oxygen atoms in total. The van der Waals surface area contributed by atoms with Crippen molar-refractivity contribution < 1.29 is 14.3 Å². The summed E-state index contributed by atoms with van der Waals surface area (Å²) in [5.74, 6) is -0.572. The molecule has 0 saturated carbocycles. The third-order valence-corrected chi connectivity index (χ3v) is 3.86. The first-order valence-electron chi connectivity index (χ1n) is 7.31. The molecule has 0 amide bonds. The van der Waals surface area contributed by atoms with E-state index in [0.717, 1.165) is 16.5 Å². The standard InChI is InChI=1S/C19H13NO3/c21-19(22)17-13(10-12-6-2-1-3-7-12)11-16-18(23-17)14-8-4-5-9-15(14)20-16/h1-9,11H,10H2,(H,21,22). The fraction of sp³-hybridized carbons (Fsp3) is 0.0526. The molecule has 0 radical (unpaired) electrons. The molecule has 0 fully saturated rings. The van der Waals surface area contributed by atoms with Gasteiger partial charge in [0.2, 0.25) is 5.76 Å². The van der Waals surface area contributed by atoms with E-state index in [9.17, 15) is 9.90 Å². The van der Waals surface area contributed by atoms with Crippen molar-refractivity contribution in [2.24, 2.45) is 0 Å². The van der Waals surface area contributed by atoms with Crippen LogP contribution in [0, 0.1) is 0 Å². The maximum absolute atomic E-state index is 11.6. The van der Waals surface area contributed by atoms with E-state index in [2.05, 4.69) is 4.98 Å². The molecule has 0 atom stereocenters. The Bertz CT molecular complexity index is 973. The second kappa shape index (κ2) is 5.25. The zero-order valence-corrected chi connectivity index (χ0v) is 12.2. The fourth-order valence-corrected chi connectivity index (χ4v) is 2.81. The van der Waals surface area contributed by atoms with Crippen LogP contribution < -0.4 is 0 Å². The van der Waals surface area contributed by atoms with Gasteiger partial charge in [0.05, 0.1) is 5.52 Å². The van der Waals surface area contributed by atoms with E-state index in [1.54, 1.807) is 0 Å². The monoisotopic (exact) mass is 303 g/mol. The average Bonchev–Trinajstić information content (AvgIpc) is 2.92. The quantitative estimate of drug-likeness (QED) is 0.615. The predicted octanol–water partition coefficient (Wildman–Crippen LogP) is 4.22. The van der Waals surface area contributed by atoms with Crippen LogP contribution in [0.1, 0.15) is 21.7 Å². The minimum absolute atomic E-state index is 0.0282. The summed E-state index contributed by atoms with van der Waals surface area (Å²) in [4.78, 5) is 16.1. The van der Waals surface area contributed by atoms with E-state index in [-0.39, 0.29) is 5.76 Å². The first-order valence-corrected chi connectivity index (χ1v) is 7.31. The molecule has 2 aromatic carbocycles. The SMILES string of the molecule is O=C(O)c1oc2c3ccccc3nc-2cc1Cc1ccccc1. The van der Waals surface area contributed by atoms with Crippen molar-refractivity contribution in [3.63, 3.8) is 0 Å². The van der Waals surface area contributed by atoms with Crippen LogP contribution in [0.4, 0.5) is 0 Å². The van der Waals surface area contributed by atoms with Gasteiger partial charge in [-0.25, -0.2) is 9.78 Å². The molecule has 0 aliphatic carbocycles. The number of hydrogen-bond acceptors (Lipinski definition) is 3. The molecule has 1 N–H and O–H groups in total. The van der Waals surface area contributed by atoms with Crippen LogP contribution in [-0.2, 0) is 6.42 Å². The van der Waals surface area contributed by atoms with Crippen molar-refractivity contribution in [3.8, 4) is 11.5 Å². The Balaban J connectivity index is 1.92. The first-order chi connectivity index (χ1) is 11.2. The van der Waals surface area contributed by atoms with Crippen molar-refractivity contribution in [2.75, 3.05) is 0 Å². The van der Waals surface area contributed by atoms with Crippen molar-refractivity contribution in [3.05, 3.63) is 77.6 Å². The van der Waals surface area contributed by atoms with Crippen molar-refractivity contribution >= 4 is 16.9 Å². The van der Waals surface area contributed by atoms with E-state index < -0.39 is 5.97 Å². The van der Waals surface area contributed by atoms with Crippen molar-refractivity contribution in [1.29, 1.82) is 0 Å². The lowest BCUT2D eigenvalue weighted by Gasteiger charge is -2.08. The summed E-state index contributed by atoms with van der Waals surface area (Å²) in [6, 6.07) is 19.1. The number of aromatic carboxylic acids is 1. The number of hydrogen-bond donors (Lipinski definition) is 1. The highest BCUT2D eigenvalue weighted by molar-refractivity contribution is 5.96. The lowest BCUT2D eigenvalue weighted by atomic mass is 10.0. The largest absolute Gasteiger partial charge is 0.475 e. The molecule has 23 heavy (non-hydrogen) atoms. The molecule has 4 rings (SSSR count). The zero-order chi connectivity index (χ0) is 15.8. The van der Waals surface area contributed by atoms with Crippen LogP contribution in [0.3, 0.4) is 0 Å². The molecule has 2 aliphatic heterocycles. The number of rotatable bonds is 3. The lowest BCUT2D eigenvalue weighted by molar-refractivity contribution is 0.0659. The Hall–Kier alpha value is -3.14. The third-order valence-electron chi connectivity index (χ3n) is 3.86. The van der Waals surface area contributed by atoms with Crippen LogP contribution in [0.25, 0.3) is 22.4 Å². The first kappa shape index (κ1) is 13.5. The van der Waals surface area contributed by atoms with Crippen LogP contribution in [-0.4, -0.2) is 16.1 Å². The molecule has 2 heterocycles. The number of carboxylic acid groups (broad SMARTS) is 1. The summed E-state index contributed by atoms with van der Waals surface area (Å²) in [6.07, 6.45) is 0.491. The van der Waals surface area contributed by atoms with E-state index in [0.29, 0.717) is 23.4 Å². The summed E-state index contributed by atoms with van der Waals surface area (Å²) in [7, 11) is 0. The van der Waals surface area contributed by atoms with Gasteiger partial charge in [-0.1, -0.05) is 42.5 Å². The smallest absolute Gasteiger partial charge is 0.372 e. The summed E-state index contributed by atoms with van der Waals surface area (Å²) in [5.41, 5.74) is 3.14. The minimum atomic E-state index is -1.07. The molecule has 0 bridgehead atoms. The second-order valence-electron chi connectivity index (χ2n) is 5.41. The number of carboxylic acids is 1. The Morgan fingerprint density at radius 2 is 1.78 bits per heavy atom. The Kier molecular flexibility index (Phi) is 3.08. The van der Waals surface area contributed by atoms with Crippen LogP contribution in [0.2, 0.25) is 0 Å². The Morgan fingerprint density at radius 1 is 1.04 bits per heavy atom. The molecule has 0 spiro atoms. The number of para-hydroxylation sites is 1. The molecule has 2 aliphatic rings. The second-order valence-corrected chi connectivity index (χ2v) is 5.41. The van der Waals surface area contributed by atoms with E-state index in [4.69, 9.17) is 4.42 Å². The van der Waals surface area contributed by atoms with Crippen LogP contribution in [0.15, 0.2) is 65.1 Å². The number of benzene rings is 2. The molecule has 2 aromatic rings. The Morgan fingerprint density at radius 3 is 2.57 bits per heavy atom. The number of aromatic nitrogens is 1. The fourth-order valence-electron chi connectivity index (χ4n) is 2.81. The zero-order valence-electron chi connectivity index (χ0n) is 12.2.